The Morgan fingerprint density at radius 1 is 1.22 bits per heavy atom. The molecule has 0 saturated carbocycles. The fraction of sp³-hybridized carbons (Fsp3) is 0.533. The van der Waals surface area contributed by atoms with Crippen molar-refractivity contribution < 1.29 is 13.2 Å². The van der Waals surface area contributed by atoms with Gasteiger partial charge in [0.25, 0.3) is 5.91 Å². The minimum absolute atomic E-state index is 0. The van der Waals surface area contributed by atoms with Crippen LogP contribution in [0.2, 0.25) is 0 Å². The van der Waals surface area contributed by atoms with E-state index in [1.165, 1.54) is 10.4 Å². The summed E-state index contributed by atoms with van der Waals surface area (Å²) in [6.45, 7) is 2.09. The first-order valence-corrected chi connectivity index (χ1v) is 9.08. The average molecular weight is 362 g/mol. The Bertz CT molecular complexity index is 616. The first-order valence-electron chi connectivity index (χ1n) is 7.64. The summed E-state index contributed by atoms with van der Waals surface area (Å²) in [5.41, 5.74) is 5.74. The van der Waals surface area contributed by atoms with Crippen LogP contribution in [0.5, 0.6) is 0 Å². The number of amides is 1. The molecule has 8 heteroatoms. The molecule has 0 atom stereocenters. The van der Waals surface area contributed by atoms with Gasteiger partial charge in [-0.1, -0.05) is 12.5 Å². The van der Waals surface area contributed by atoms with Gasteiger partial charge in [-0.25, -0.2) is 8.42 Å². The Morgan fingerprint density at radius 2 is 1.91 bits per heavy atom. The lowest BCUT2D eigenvalue weighted by Crippen LogP contribution is -2.35. The van der Waals surface area contributed by atoms with Gasteiger partial charge in [-0.05, 0) is 44.0 Å². The molecule has 3 N–H and O–H groups in total. The van der Waals surface area contributed by atoms with Gasteiger partial charge in [-0.2, -0.15) is 4.31 Å². The first-order chi connectivity index (χ1) is 10.6. The van der Waals surface area contributed by atoms with E-state index < -0.39 is 10.0 Å². The number of hydrogen-bond acceptors (Lipinski definition) is 4. The third kappa shape index (κ3) is 5.17. The predicted octanol–water partition coefficient (Wildman–Crippen LogP) is 1.36. The fourth-order valence-electron chi connectivity index (χ4n) is 2.46. The number of carbonyl (C=O) groups is 1. The second-order valence-corrected chi connectivity index (χ2v) is 7.33. The molecular weight excluding hydrogens is 338 g/mol. The second kappa shape index (κ2) is 9.22. The second-order valence-electron chi connectivity index (χ2n) is 5.39. The minimum Gasteiger partial charge on any atom is -0.352 e. The SMILES string of the molecule is Cl.NCCCNC(=O)c1cccc(S(=O)(=O)N2CCCCC2)c1. The van der Waals surface area contributed by atoms with Crippen LogP contribution in [0.4, 0.5) is 0 Å². The van der Waals surface area contributed by atoms with Crippen LogP contribution in [-0.4, -0.2) is 44.8 Å². The van der Waals surface area contributed by atoms with Crippen molar-refractivity contribution in [3.05, 3.63) is 29.8 Å². The van der Waals surface area contributed by atoms with E-state index in [0.29, 0.717) is 38.2 Å². The van der Waals surface area contributed by atoms with Crippen molar-refractivity contribution in [2.75, 3.05) is 26.2 Å². The van der Waals surface area contributed by atoms with Crippen molar-refractivity contribution in [3.63, 3.8) is 0 Å². The highest BCUT2D eigenvalue weighted by atomic mass is 35.5. The summed E-state index contributed by atoms with van der Waals surface area (Å²) in [5, 5.41) is 2.73. The molecule has 1 saturated heterocycles. The molecule has 0 unspecified atom stereocenters. The van der Waals surface area contributed by atoms with Crippen LogP contribution >= 0.6 is 12.4 Å². The Hall–Kier alpha value is -1.15. The Labute approximate surface area is 143 Å². The van der Waals surface area contributed by atoms with Crippen molar-refractivity contribution in [1.82, 2.24) is 9.62 Å². The van der Waals surface area contributed by atoms with Crippen molar-refractivity contribution in [1.29, 1.82) is 0 Å². The van der Waals surface area contributed by atoms with Crippen LogP contribution in [0, 0.1) is 0 Å². The topological polar surface area (TPSA) is 92.5 Å². The summed E-state index contributed by atoms with van der Waals surface area (Å²) in [6.07, 6.45) is 3.53. The summed E-state index contributed by atoms with van der Waals surface area (Å²) in [5.74, 6) is -0.274. The molecule has 1 aromatic rings. The first kappa shape index (κ1) is 19.9. The molecule has 1 aliphatic rings. The summed E-state index contributed by atoms with van der Waals surface area (Å²) >= 11 is 0. The molecule has 0 aliphatic carbocycles. The van der Waals surface area contributed by atoms with E-state index in [4.69, 9.17) is 5.73 Å². The lowest BCUT2D eigenvalue weighted by Gasteiger charge is -2.26. The van der Waals surface area contributed by atoms with E-state index in [2.05, 4.69) is 5.32 Å². The Morgan fingerprint density at radius 3 is 2.57 bits per heavy atom. The molecule has 0 aromatic heterocycles. The van der Waals surface area contributed by atoms with Crippen LogP contribution < -0.4 is 11.1 Å². The van der Waals surface area contributed by atoms with Gasteiger partial charge in [-0.15, -0.1) is 12.4 Å². The highest BCUT2D eigenvalue weighted by Crippen LogP contribution is 2.21. The number of benzene rings is 1. The molecule has 1 heterocycles. The molecule has 2 rings (SSSR count). The molecule has 1 amide bonds. The maximum atomic E-state index is 12.6. The predicted molar refractivity (Wildman–Crippen MR) is 92.3 cm³/mol. The van der Waals surface area contributed by atoms with Gasteiger partial charge in [0.1, 0.15) is 0 Å². The summed E-state index contributed by atoms with van der Waals surface area (Å²) < 4.78 is 26.7. The highest BCUT2D eigenvalue weighted by Gasteiger charge is 2.26. The van der Waals surface area contributed by atoms with Gasteiger partial charge in [0.05, 0.1) is 4.90 Å². The Kier molecular flexibility index (Phi) is 7.98. The van der Waals surface area contributed by atoms with E-state index >= 15 is 0 Å². The number of rotatable bonds is 6. The minimum atomic E-state index is -3.51. The monoisotopic (exact) mass is 361 g/mol. The van der Waals surface area contributed by atoms with Crippen LogP contribution in [0.3, 0.4) is 0 Å². The zero-order chi connectivity index (χ0) is 16.0. The molecule has 0 spiro atoms. The zero-order valence-electron chi connectivity index (χ0n) is 13.0. The molecule has 1 fully saturated rings. The smallest absolute Gasteiger partial charge is 0.251 e. The number of nitrogens with one attached hydrogen (secondary N) is 1. The third-order valence-corrected chi connectivity index (χ3v) is 5.61. The summed E-state index contributed by atoms with van der Waals surface area (Å²) in [7, 11) is -3.51. The number of nitrogens with two attached hydrogens (primary N) is 1. The van der Waals surface area contributed by atoms with Crippen LogP contribution in [0.15, 0.2) is 29.2 Å². The maximum absolute atomic E-state index is 12.6. The van der Waals surface area contributed by atoms with Gasteiger partial charge < -0.3 is 11.1 Å². The Balaban J connectivity index is 0.00000264. The molecular formula is C15H24ClN3O3S. The van der Waals surface area contributed by atoms with Crippen molar-refractivity contribution in [2.45, 2.75) is 30.6 Å². The van der Waals surface area contributed by atoms with Gasteiger partial charge in [0.2, 0.25) is 10.0 Å². The van der Waals surface area contributed by atoms with Crippen molar-refractivity contribution in [2.24, 2.45) is 5.73 Å². The lowest BCUT2D eigenvalue weighted by molar-refractivity contribution is 0.0953. The zero-order valence-corrected chi connectivity index (χ0v) is 14.7. The van der Waals surface area contributed by atoms with Crippen LogP contribution in [0.1, 0.15) is 36.0 Å². The number of sulfonamides is 1. The number of hydrogen-bond donors (Lipinski definition) is 2. The number of carbonyl (C=O) groups excluding carboxylic acids is 1. The fourth-order valence-corrected chi connectivity index (χ4v) is 4.02. The average Bonchev–Trinajstić information content (AvgIpc) is 2.56. The molecule has 0 radical (unpaired) electrons. The number of piperidine rings is 1. The molecule has 1 aliphatic heterocycles. The summed E-state index contributed by atoms with van der Waals surface area (Å²) in [4.78, 5) is 12.2. The van der Waals surface area contributed by atoms with Crippen LogP contribution in [0.25, 0.3) is 0 Å². The molecule has 1 aromatic carbocycles. The quantitative estimate of drug-likeness (QED) is 0.748. The summed E-state index contributed by atoms with van der Waals surface area (Å²) in [6, 6.07) is 6.21. The van der Waals surface area contributed by atoms with E-state index in [9.17, 15) is 13.2 Å². The van der Waals surface area contributed by atoms with Gasteiger partial charge in [0, 0.05) is 25.2 Å². The van der Waals surface area contributed by atoms with E-state index in [1.54, 1.807) is 18.2 Å². The molecule has 6 nitrogen and oxygen atoms in total. The van der Waals surface area contributed by atoms with Gasteiger partial charge in [-0.3, -0.25) is 4.79 Å². The van der Waals surface area contributed by atoms with Gasteiger partial charge in [0.15, 0.2) is 0 Å². The molecule has 0 bridgehead atoms. The van der Waals surface area contributed by atoms with Gasteiger partial charge >= 0.3 is 0 Å². The largest absolute Gasteiger partial charge is 0.352 e. The number of halogens is 1. The maximum Gasteiger partial charge on any atom is 0.251 e. The van der Waals surface area contributed by atoms with E-state index in [1.807, 2.05) is 0 Å². The lowest BCUT2D eigenvalue weighted by atomic mass is 10.2. The molecule has 23 heavy (non-hydrogen) atoms. The highest BCUT2D eigenvalue weighted by molar-refractivity contribution is 7.89. The van der Waals surface area contributed by atoms with E-state index in [-0.39, 0.29) is 23.2 Å². The van der Waals surface area contributed by atoms with E-state index in [0.717, 1.165) is 19.3 Å². The number of nitrogens with zero attached hydrogens (tertiary/aromatic N) is 1. The van der Waals surface area contributed by atoms with Crippen molar-refractivity contribution >= 4 is 28.3 Å². The molecule has 130 valence electrons. The normalized spacial score (nSPS) is 15.7. The van der Waals surface area contributed by atoms with Crippen LogP contribution in [-0.2, 0) is 10.0 Å². The van der Waals surface area contributed by atoms with Crippen molar-refractivity contribution in [3.8, 4) is 0 Å². The third-order valence-electron chi connectivity index (χ3n) is 3.72. The standard InChI is InChI=1S/C15H23N3O3S.ClH/c16-8-5-9-17-15(19)13-6-4-7-14(12-13)22(20,21)18-10-2-1-3-11-18;/h4,6-7,12H,1-3,5,8-11,16H2,(H,17,19);1H.